The summed E-state index contributed by atoms with van der Waals surface area (Å²) in [6.45, 7) is 2.33. The van der Waals surface area contributed by atoms with Gasteiger partial charge in [-0.1, -0.05) is 17.3 Å². The van der Waals surface area contributed by atoms with Gasteiger partial charge in [0.25, 0.3) is 5.91 Å². The van der Waals surface area contributed by atoms with Crippen LogP contribution in [0.1, 0.15) is 21.8 Å². The van der Waals surface area contributed by atoms with E-state index in [0.717, 1.165) is 11.9 Å². The second-order valence-corrected chi connectivity index (χ2v) is 4.73. The monoisotopic (exact) mass is 269 g/mol. The molecule has 0 aliphatic heterocycles. The molecule has 0 aliphatic carbocycles. The van der Waals surface area contributed by atoms with Crippen LogP contribution in [0.4, 0.5) is 0 Å². The van der Waals surface area contributed by atoms with E-state index in [1.165, 1.54) is 10.9 Å². The van der Waals surface area contributed by atoms with Crippen molar-refractivity contribution in [2.45, 2.75) is 13.3 Å². The number of rotatable bonds is 4. The smallest absolute Gasteiger partial charge is 0.273 e. The van der Waals surface area contributed by atoms with Crippen molar-refractivity contribution in [2.75, 3.05) is 6.54 Å². The zero-order valence-corrected chi connectivity index (χ0v) is 11.1. The largest absolute Gasteiger partial charge is 0.361 e. The Morgan fingerprint density at radius 3 is 3.05 bits per heavy atom. The van der Waals surface area contributed by atoms with Gasteiger partial charge in [0.1, 0.15) is 5.76 Å². The van der Waals surface area contributed by atoms with Gasteiger partial charge in [0.15, 0.2) is 5.69 Å². The summed E-state index contributed by atoms with van der Waals surface area (Å²) in [6.07, 6.45) is 2.70. The van der Waals surface area contributed by atoms with Crippen LogP contribution in [0.15, 0.2) is 41.1 Å². The number of amides is 1. The van der Waals surface area contributed by atoms with Crippen LogP contribution in [0.3, 0.4) is 0 Å². The number of benzene rings is 1. The molecule has 0 bridgehead atoms. The Bertz CT molecular complexity index is 742. The maximum atomic E-state index is 11.8. The van der Waals surface area contributed by atoms with Gasteiger partial charge in [-0.3, -0.25) is 4.79 Å². The van der Waals surface area contributed by atoms with E-state index in [0.29, 0.717) is 18.0 Å². The van der Waals surface area contributed by atoms with E-state index in [9.17, 15) is 4.79 Å². The van der Waals surface area contributed by atoms with Crippen molar-refractivity contribution >= 4 is 16.8 Å². The Balaban J connectivity index is 1.58. The fraction of sp³-hybridized carbons (Fsp3) is 0.200. The molecule has 1 amide bonds. The summed E-state index contributed by atoms with van der Waals surface area (Å²) in [5, 5.41) is 7.70. The zero-order valence-electron chi connectivity index (χ0n) is 11.1. The van der Waals surface area contributed by atoms with Gasteiger partial charge in [-0.05, 0) is 36.4 Å². The highest BCUT2D eigenvalue weighted by molar-refractivity contribution is 5.92. The molecule has 0 spiro atoms. The van der Waals surface area contributed by atoms with Crippen LogP contribution in [0.5, 0.6) is 0 Å². The Hall–Kier alpha value is -2.56. The molecule has 102 valence electrons. The molecule has 0 unspecified atom stereocenters. The maximum Gasteiger partial charge on any atom is 0.273 e. The normalized spacial score (nSPS) is 10.8. The number of fused-ring (bicyclic) bond motifs is 1. The van der Waals surface area contributed by atoms with Gasteiger partial charge in [-0.2, -0.15) is 0 Å². The Kier molecular flexibility index (Phi) is 3.25. The van der Waals surface area contributed by atoms with Crippen LogP contribution in [0, 0.1) is 6.92 Å². The fourth-order valence-electron chi connectivity index (χ4n) is 2.13. The SMILES string of the molecule is Cc1cc(C(=O)NCCc2ccc3cc[nH]c3c2)no1. The van der Waals surface area contributed by atoms with Crippen LogP contribution in [0.25, 0.3) is 10.9 Å². The van der Waals surface area contributed by atoms with Gasteiger partial charge >= 0.3 is 0 Å². The molecule has 0 fully saturated rings. The first-order chi connectivity index (χ1) is 9.72. The van der Waals surface area contributed by atoms with E-state index in [4.69, 9.17) is 4.52 Å². The topological polar surface area (TPSA) is 70.9 Å². The summed E-state index contributed by atoms with van der Waals surface area (Å²) in [4.78, 5) is 15.0. The number of hydrogen-bond donors (Lipinski definition) is 2. The number of carbonyl (C=O) groups is 1. The van der Waals surface area contributed by atoms with Crippen LogP contribution in [-0.2, 0) is 6.42 Å². The Labute approximate surface area is 116 Å². The third-order valence-corrected chi connectivity index (χ3v) is 3.18. The Morgan fingerprint density at radius 2 is 2.25 bits per heavy atom. The quantitative estimate of drug-likeness (QED) is 0.764. The average molecular weight is 269 g/mol. The number of aromatic nitrogens is 2. The lowest BCUT2D eigenvalue weighted by Crippen LogP contribution is -2.25. The van der Waals surface area contributed by atoms with Crippen molar-refractivity contribution in [3.8, 4) is 0 Å². The minimum atomic E-state index is -0.206. The van der Waals surface area contributed by atoms with Gasteiger partial charge in [-0.15, -0.1) is 0 Å². The van der Waals surface area contributed by atoms with Crippen LogP contribution < -0.4 is 5.32 Å². The molecule has 2 heterocycles. The summed E-state index contributed by atoms with van der Waals surface area (Å²) in [6, 6.07) is 9.91. The predicted octanol–water partition coefficient (Wildman–Crippen LogP) is 2.44. The van der Waals surface area contributed by atoms with E-state index in [2.05, 4.69) is 33.7 Å². The maximum absolute atomic E-state index is 11.8. The number of H-pyrrole nitrogens is 1. The average Bonchev–Trinajstić information content (AvgIpc) is 3.06. The molecule has 5 nitrogen and oxygen atoms in total. The van der Waals surface area contributed by atoms with Crippen molar-refractivity contribution in [3.63, 3.8) is 0 Å². The van der Waals surface area contributed by atoms with Gasteiger partial charge in [0, 0.05) is 24.3 Å². The van der Waals surface area contributed by atoms with Crippen molar-refractivity contribution < 1.29 is 9.32 Å². The van der Waals surface area contributed by atoms with Crippen LogP contribution >= 0.6 is 0 Å². The lowest BCUT2D eigenvalue weighted by atomic mass is 10.1. The summed E-state index contributed by atoms with van der Waals surface area (Å²) < 4.78 is 4.87. The number of aromatic amines is 1. The number of hydrogen-bond acceptors (Lipinski definition) is 3. The number of nitrogens with one attached hydrogen (secondary N) is 2. The van der Waals surface area contributed by atoms with Gasteiger partial charge in [0.05, 0.1) is 0 Å². The Morgan fingerprint density at radius 1 is 1.35 bits per heavy atom. The first-order valence-electron chi connectivity index (χ1n) is 6.50. The molecule has 0 saturated carbocycles. The van der Waals surface area contributed by atoms with E-state index in [-0.39, 0.29) is 5.91 Å². The highest BCUT2D eigenvalue weighted by Gasteiger charge is 2.09. The second-order valence-electron chi connectivity index (χ2n) is 4.73. The predicted molar refractivity (Wildman–Crippen MR) is 75.6 cm³/mol. The minimum absolute atomic E-state index is 0.206. The zero-order chi connectivity index (χ0) is 13.9. The van der Waals surface area contributed by atoms with Crippen molar-refractivity contribution in [1.29, 1.82) is 0 Å². The molecule has 0 saturated heterocycles. The van der Waals surface area contributed by atoms with E-state index in [1.807, 2.05) is 12.3 Å². The van der Waals surface area contributed by atoms with Gasteiger partial charge in [-0.25, -0.2) is 0 Å². The molecular weight excluding hydrogens is 254 g/mol. The molecule has 20 heavy (non-hydrogen) atoms. The molecule has 1 aromatic carbocycles. The highest BCUT2D eigenvalue weighted by Crippen LogP contribution is 2.14. The molecule has 3 aromatic rings. The molecule has 0 aliphatic rings. The van der Waals surface area contributed by atoms with E-state index >= 15 is 0 Å². The number of nitrogens with zero attached hydrogens (tertiary/aromatic N) is 1. The van der Waals surface area contributed by atoms with Gasteiger partial charge in [0.2, 0.25) is 0 Å². The third-order valence-electron chi connectivity index (χ3n) is 3.18. The standard InChI is InChI=1S/C15H15N3O2/c1-10-8-14(18-20-10)15(19)17-6-4-11-2-3-12-5-7-16-13(12)9-11/h2-3,5,7-9,16H,4,6H2,1H3,(H,17,19). The molecular formula is C15H15N3O2. The molecule has 2 aromatic heterocycles. The summed E-state index contributed by atoms with van der Waals surface area (Å²) in [7, 11) is 0. The first-order valence-corrected chi connectivity index (χ1v) is 6.50. The highest BCUT2D eigenvalue weighted by atomic mass is 16.5. The molecule has 5 heteroatoms. The van der Waals surface area contributed by atoms with E-state index in [1.54, 1.807) is 13.0 Å². The van der Waals surface area contributed by atoms with Crippen LogP contribution in [-0.4, -0.2) is 22.6 Å². The molecule has 3 rings (SSSR count). The first kappa shape index (κ1) is 12.5. The fourth-order valence-corrected chi connectivity index (χ4v) is 2.13. The third kappa shape index (κ3) is 2.56. The van der Waals surface area contributed by atoms with E-state index < -0.39 is 0 Å². The summed E-state index contributed by atoms with van der Waals surface area (Å²) in [5.41, 5.74) is 2.61. The molecule has 2 N–H and O–H groups in total. The lowest BCUT2D eigenvalue weighted by molar-refractivity contribution is 0.0945. The van der Waals surface area contributed by atoms with Crippen LogP contribution in [0.2, 0.25) is 0 Å². The molecule has 0 atom stereocenters. The summed E-state index contributed by atoms with van der Waals surface area (Å²) in [5.74, 6) is 0.426. The molecule has 0 radical (unpaired) electrons. The lowest BCUT2D eigenvalue weighted by Gasteiger charge is -2.03. The van der Waals surface area contributed by atoms with Crippen molar-refractivity contribution in [3.05, 3.63) is 53.5 Å². The minimum Gasteiger partial charge on any atom is -0.361 e. The second kappa shape index (κ2) is 5.21. The number of aryl methyl sites for hydroxylation is 1. The van der Waals surface area contributed by atoms with Crippen molar-refractivity contribution in [1.82, 2.24) is 15.5 Å². The summed E-state index contributed by atoms with van der Waals surface area (Å²) >= 11 is 0. The number of carbonyl (C=O) groups excluding carboxylic acids is 1. The van der Waals surface area contributed by atoms with Crippen molar-refractivity contribution in [2.24, 2.45) is 0 Å². The van der Waals surface area contributed by atoms with Gasteiger partial charge < -0.3 is 14.8 Å².